The van der Waals surface area contributed by atoms with Gasteiger partial charge in [0.2, 0.25) is 0 Å². The zero-order valence-electron chi connectivity index (χ0n) is 41.5. The molecule has 14 rings (SSSR count). The molecule has 356 valence electrons. The van der Waals surface area contributed by atoms with E-state index in [1.807, 2.05) is 12.1 Å². The molecule has 0 bridgehead atoms. The van der Waals surface area contributed by atoms with Gasteiger partial charge >= 0.3 is 0 Å². The van der Waals surface area contributed by atoms with Gasteiger partial charge in [-0.25, -0.2) is 4.98 Å². The highest BCUT2D eigenvalue weighted by Gasteiger charge is 2.39. The zero-order valence-corrected chi connectivity index (χ0v) is 41.5. The van der Waals surface area contributed by atoms with E-state index >= 15 is 0 Å². The van der Waals surface area contributed by atoms with Gasteiger partial charge in [0.25, 0.3) is 0 Å². The topological polar surface area (TPSA) is 44.9 Å². The first-order valence-electron chi connectivity index (χ1n) is 26.0. The summed E-state index contributed by atoms with van der Waals surface area (Å²) in [6, 6.07) is 93.4. The van der Waals surface area contributed by atoms with Crippen LogP contribution in [0.2, 0.25) is 0 Å². The average Bonchev–Trinajstić information content (AvgIpc) is 4.02. The lowest BCUT2D eigenvalue weighted by Crippen LogP contribution is -2.29. The summed E-state index contributed by atoms with van der Waals surface area (Å²) < 4.78 is 2.40. The van der Waals surface area contributed by atoms with Gasteiger partial charge in [0.15, 0.2) is 0 Å². The number of anilines is 2. The molecular weight excluding hydrogens is 921 g/mol. The van der Waals surface area contributed by atoms with E-state index < -0.39 is 0 Å². The molecule has 76 heavy (non-hydrogen) atoms. The molecule has 2 aromatic heterocycles. The van der Waals surface area contributed by atoms with Crippen LogP contribution >= 0.6 is 0 Å². The van der Waals surface area contributed by atoms with Crippen molar-refractivity contribution in [1.29, 1.82) is 5.26 Å². The van der Waals surface area contributed by atoms with Gasteiger partial charge in [-0.2, -0.15) is 5.26 Å². The third-order valence-electron chi connectivity index (χ3n) is 15.4. The quantitative estimate of drug-likeness (QED) is 0.145. The maximum Gasteiger partial charge on any atom is 0.0998 e. The predicted octanol–water partition coefficient (Wildman–Crippen LogP) is 18.4. The molecule has 4 nitrogen and oxygen atoms in total. The van der Waals surface area contributed by atoms with Crippen molar-refractivity contribution in [2.45, 2.75) is 12.0 Å². The van der Waals surface area contributed by atoms with Crippen molar-refractivity contribution in [2.24, 2.45) is 0 Å². The molecule has 2 aliphatic rings. The summed E-state index contributed by atoms with van der Waals surface area (Å²) in [7, 11) is 0. The highest BCUT2D eigenvalue weighted by molar-refractivity contribution is 6.11. The summed E-state index contributed by atoms with van der Waals surface area (Å²) in [4.78, 5) is 7.80. The summed E-state index contributed by atoms with van der Waals surface area (Å²) in [5.74, 6) is 0.0662. The van der Waals surface area contributed by atoms with Crippen LogP contribution in [0.4, 0.5) is 11.4 Å². The summed E-state index contributed by atoms with van der Waals surface area (Å²) in [5, 5.41) is 13.8. The van der Waals surface area contributed by atoms with E-state index in [9.17, 15) is 5.26 Å². The molecule has 1 aliphatic heterocycles. The van der Waals surface area contributed by atoms with Crippen LogP contribution in [-0.4, -0.2) is 15.6 Å². The van der Waals surface area contributed by atoms with Crippen LogP contribution in [0.5, 0.6) is 0 Å². The number of aromatic nitrogens is 2. The third-order valence-corrected chi connectivity index (χ3v) is 15.4. The molecular formula is C72H48N4. The Hall–Kier alpha value is -10.1. The largest absolute Gasteiger partial charge is 0.332 e. The third kappa shape index (κ3) is 7.65. The number of fused-ring (bicyclic) bond motifs is 6. The normalized spacial score (nSPS) is 14.4. The maximum absolute atomic E-state index is 11.5. The average molecular weight is 969 g/mol. The second-order valence-electron chi connectivity index (χ2n) is 19.7. The van der Waals surface area contributed by atoms with E-state index in [1.54, 1.807) is 0 Å². The van der Waals surface area contributed by atoms with E-state index in [-0.39, 0.29) is 12.0 Å². The summed E-state index contributed by atoms with van der Waals surface area (Å²) in [6.45, 7) is 0. The van der Waals surface area contributed by atoms with Crippen molar-refractivity contribution in [3.63, 3.8) is 0 Å². The predicted molar refractivity (Wildman–Crippen MR) is 315 cm³/mol. The molecule has 10 aromatic carbocycles. The van der Waals surface area contributed by atoms with Crippen molar-refractivity contribution in [3.05, 3.63) is 290 Å². The Morgan fingerprint density at radius 3 is 1.46 bits per heavy atom. The molecule has 3 heterocycles. The number of allylic oxidation sites excluding steroid dienone is 2. The van der Waals surface area contributed by atoms with Crippen molar-refractivity contribution >= 4 is 33.2 Å². The van der Waals surface area contributed by atoms with Gasteiger partial charge in [0, 0.05) is 39.1 Å². The van der Waals surface area contributed by atoms with E-state index in [0.29, 0.717) is 5.56 Å². The maximum atomic E-state index is 11.5. The van der Waals surface area contributed by atoms with Gasteiger partial charge in [-0.3, -0.25) is 0 Å². The van der Waals surface area contributed by atoms with Crippen LogP contribution in [-0.2, 0) is 0 Å². The molecule has 0 fully saturated rings. The van der Waals surface area contributed by atoms with Gasteiger partial charge < -0.3 is 9.47 Å². The highest BCUT2D eigenvalue weighted by atomic mass is 15.2. The fraction of sp³-hybridized carbons (Fsp3) is 0.0278. The van der Waals surface area contributed by atoms with Gasteiger partial charge in [-0.1, -0.05) is 224 Å². The summed E-state index contributed by atoms with van der Waals surface area (Å²) >= 11 is 0. The molecule has 0 spiro atoms. The second kappa shape index (κ2) is 18.8. The number of pyridine rings is 1. The van der Waals surface area contributed by atoms with Crippen LogP contribution in [0.1, 0.15) is 17.0 Å². The van der Waals surface area contributed by atoms with E-state index in [0.717, 1.165) is 78.1 Å². The second-order valence-corrected chi connectivity index (χ2v) is 19.7. The molecule has 0 amide bonds. The minimum Gasteiger partial charge on any atom is -0.332 e. The first-order valence-corrected chi connectivity index (χ1v) is 26.0. The SMILES string of the molecule is N#Cc1cc(-n2c3ccccc3c3cc(-c4ccccc4-c4ccccc4)ccc32)c(N2c3ccc(-c4ccccc4-c4ccccc4)cc3C3C=CC=CC32)cc1-c1cc(-c2ccccc2)nc(-c2ccccc2)c1. The number of benzene rings is 10. The fourth-order valence-corrected chi connectivity index (χ4v) is 11.9. The summed E-state index contributed by atoms with van der Waals surface area (Å²) in [5.41, 5.74) is 21.9. The first-order chi connectivity index (χ1) is 37.7. The minimum atomic E-state index is -0.0504. The number of para-hydroxylation sites is 1. The van der Waals surface area contributed by atoms with Gasteiger partial charge in [0.1, 0.15) is 0 Å². The van der Waals surface area contributed by atoms with Crippen molar-refractivity contribution in [3.8, 4) is 89.9 Å². The van der Waals surface area contributed by atoms with Crippen molar-refractivity contribution < 1.29 is 0 Å². The Kier molecular flexibility index (Phi) is 11.0. The van der Waals surface area contributed by atoms with Gasteiger partial charge in [-0.05, 0) is 110 Å². The van der Waals surface area contributed by atoms with Crippen LogP contribution in [0, 0.1) is 11.3 Å². The lowest BCUT2D eigenvalue weighted by molar-refractivity contribution is 0.743. The van der Waals surface area contributed by atoms with E-state index in [1.165, 1.54) is 44.5 Å². The van der Waals surface area contributed by atoms with Crippen molar-refractivity contribution in [2.75, 3.05) is 4.90 Å². The molecule has 1 aliphatic carbocycles. The smallest absolute Gasteiger partial charge is 0.0998 e. The standard InChI is InChI=1S/C72H48N4/c73-47-55-45-71(75-67-35-19-17-33-60(67)63-41-52(37-39-69(63)75)58-31-15-13-29-56(58)48-21-5-1-6-22-48)72(46-62(55)54-43-65(50-25-9-3-10-26-50)74-66(44-54)51-27-11-4-12-28-51)76-68-36-20-18-34-61(68)64-42-53(38-40-70(64)76)59-32-16-14-30-57(59)49-23-7-2-8-24-49/h1-46,61,68H. The Bertz CT molecular complexity index is 4240. The Labute approximate surface area is 442 Å². The zero-order chi connectivity index (χ0) is 50.5. The number of hydrogen-bond donors (Lipinski definition) is 0. The van der Waals surface area contributed by atoms with E-state index in [4.69, 9.17) is 4.98 Å². The molecule has 0 saturated carbocycles. The lowest BCUT2D eigenvalue weighted by Gasteiger charge is -2.32. The Morgan fingerprint density at radius 2 is 0.855 bits per heavy atom. The Balaban J connectivity index is 1.02. The number of nitriles is 1. The first kappa shape index (κ1) is 44.6. The highest BCUT2D eigenvalue weighted by Crippen LogP contribution is 2.53. The number of nitrogens with zero attached hydrogens (tertiary/aromatic N) is 4. The molecule has 0 saturated heterocycles. The van der Waals surface area contributed by atoms with Crippen LogP contribution in [0.15, 0.2) is 279 Å². The molecule has 2 atom stereocenters. The Morgan fingerprint density at radius 1 is 0.355 bits per heavy atom. The fourth-order valence-electron chi connectivity index (χ4n) is 11.9. The number of rotatable bonds is 9. The van der Waals surface area contributed by atoms with Gasteiger partial charge in [-0.15, -0.1) is 0 Å². The monoisotopic (exact) mass is 968 g/mol. The van der Waals surface area contributed by atoms with Gasteiger partial charge in [0.05, 0.1) is 51.5 Å². The van der Waals surface area contributed by atoms with Crippen LogP contribution < -0.4 is 4.90 Å². The van der Waals surface area contributed by atoms with Crippen molar-refractivity contribution in [1.82, 2.24) is 9.55 Å². The molecule has 4 heteroatoms. The van der Waals surface area contributed by atoms with Crippen LogP contribution in [0.25, 0.3) is 106 Å². The molecule has 12 aromatic rings. The molecule has 0 radical (unpaired) electrons. The summed E-state index contributed by atoms with van der Waals surface area (Å²) in [6.07, 6.45) is 9.08. The number of hydrogen-bond acceptors (Lipinski definition) is 3. The lowest BCUT2D eigenvalue weighted by atomic mass is 9.88. The molecule has 0 N–H and O–H groups in total. The minimum absolute atomic E-state index is 0.0504. The van der Waals surface area contributed by atoms with E-state index in [2.05, 4.69) is 282 Å². The molecule has 2 unspecified atom stereocenters. The van der Waals surface area contributed by atoms with Crippen LogP contribution in [0.3, 0.4) is 0 Å².